The minimum atomic E-state index is 0.124. The predicted octanol–water partition coefficient (Wildman–Crippen LogP) is 4.89. The Labute approximate surface area is 139 Å². The van der Waals surface area contributed by atoms with Gasteiger partial charge in [-0.05, 0) is 52.9 Å². The number of carbonyl (C=O) groups is 1. The molecule has 0 saturated carbocycles. The molecule has 0 unspecified atom stereocenters. The van der Waals surface area contributed by atoms with Crippen molar-refractivity contribution < 1.29 is 4.79 Å². The molecular formula is C16H11BrINO. The molecule has 1 aromatic heterocycles. The van der Waals surface area contributed by atoms with Crippen LogP contribution < -0.4 is 0 Å². The van der Waals surface area contributed by atoms with Crippen molar-refractivity contribution in [2.24, 2.45) is 0 Å². The second-order valence-corrected chi connectivity index (χ2v) is 6.65. The van der Waals surface area contributed by atoms with Crippen LogP contribution in [0.1, 0.15) is 10.4 Å². The number of carbonyl (C=O) groups excluding carboxylic acids is 1. The van der Waals surface area contributed by atoms with Crippen molar-refractivity contribution >= 4 is 55.2 Å². The Hall–Kier alpha value is -1.14. The van der Waals surface area contributed by atoms with E-state index < -0.39 is 0 Å². The molecule has 0 saturated heterocycles. The third-order valence-corrected chi connectivity index (χ3v) is 4.65. The van der Waals surface area contributed by atoms with Gasteiger partial charge in [-0.2, -0.15) is 0 Å². The number of benzene rings is 2. The van der Waals surface area contributed by atoms with Gasteiger partial charge in [-0.1, -0.05) is 34.1 Å². The summed E-state index contributed by atoms with van der Waals surface area (Å²) in [5, 5.41) is 1.13. The fourth-order valence-electron chi connectivity index (χ4n) is 2.21. The van der Waals surface area contributed by atoms with Gasteiger partial charge in [0.2, 0.25) is 0 Å². The molecule has 2 aromatic carbocycles. The van der Waals surface area contributed by atoms with E-state index in [0.717, 1.165) is 24.5 Å². The van der Waals surface area contributed by atoms with Gasteiger partial charge in [0.15, 0.2) is 5.78 Å². The monoisotopic (exact) mass is 439 g/mol. The lowest BCUT2D eigenvalue weighted by molar-refractivity contribution is 0.0973. The van der Waals surface area contributed by atoms with Gasteiger partial charge < -0.3 is 4.57 Å². The van der Waals surface area contributed by atoms with Crippen LogP contribution in [0.3, 0.4) is 0 Å². The van der Waals surface area contributed by atoms with E-state index in [1.807, 2.05) is 59.3 Å². The lowest BCUT2D eigenvalue weighted by Crippen LogP contribution is -2.09. The van der Waals surface area contributed by atoms with Crippen molar-refractivity contribution in [3.63, 3.8) is 0 Å². The van der Waals surface area contributed by atoms with Crippen molar-refractivity contribution in [3.05, 3.63) is 68.3 Å². The Morgan fingerprint density at radius 2 is 1.85 bits per heavy atom. The standard InChI is InChI=1S/C16H11BrINO/c17-14-2-1-3-15-13(14)8-9-19(15)10-16(20)11-4-6-12(18)7-5-11/h1-9H,10H2. The molecule has 4 heteroatoms. The van der Waals surface area contributed by atoms with E-state index in [1.54, 1.807) is 0 Å². The Bertz CT molecular complexity index is 777. The molecule has 0 N–H and O–H groups in total. The molecule has 0 aliphatic carbocycles. The highest BCUT2D eigenvalue weighted by Gasteiger charge is 2.09. The van der Waals surface area contributed by atoms with Crippen LogP contribution in [0.5, 0.6) is 0 Å². The van der Waals surface area contributed by atoms with Crippen LogP contribution in [0.25, 0.3) is 10.9 Å². The quantitative estimate of drug-likeness (QED) is 0.420. The highest BCUT2D eigenvalue weighted by atomic mass is 127. The SMILES string of the molecule is O=C(Cn1ccc2c(Br)cccc21)c1ccc(I)cc1. The average Bonchev–Trinajstić information content (AvgIpc) is 2.84. The number of aromatic nitrogens is 1. The van der Waals surface area contributed by atoms with Crippen LogP contribution in [0, 0.1) is 3.57 Å². The number of halogens is 2. The first kappa shape index (κ1) is 13.8. The number of nitrogens with zero attached hydrogens (tertiary/aromatic N) is 1. The molecular weight excluding hydrogens is 429 g/mol. The van der Waals surface area contributed by atoms with E-state index in [2.05, 4.69) is 38.5 Å². The Morgan fingerprint density at radius 1 is 1.10 bits per heavy atom. The van der Waals surface area contributed by atoms with Crippen molar-refractivity contribution in [1.82, 2.24) is 4.57 Å². The van der Waals surface area contributed by atoms with Gasteiger partial charge in [0.05, 0.1) is 6.54 Å². The third kappa shape index (κ3) is 2.67. The lowest BCUT2D eigenvalue weighted by Gasteiger charge is -2.05. The van der Waals surface area contributed by atoms with Crippen molar-refractivity contribution in [2.45, 2.75) is 6.54 Å². The zero-order chi connectivity index (χ0) is 14.1. The van der Waals surface area contributed by atoms with Gasteiger partial charge in [-0.3, -0.25) is 4.79 Å². The number of ketones is 1. The molecule has 0 bridgehead atoms. The second-order valence-electron chi connectivity index (χ2n) is 4.55. The molecule has 2 nitrogen and oxygen atoms in total. The molecule has 1 heterocycles. The fourth-order valence-corrected chi connectivity index (χ4v) is 3.05. The molecule has 0 aliphatic heterocycles. The third-order valence-electron chi connectivity index (χ3n) is 3.24. The van der Waals surface area contributed by atoms with Crippen LogP contribution in [0.2, 0.25) is 0 Å². The molecule has 3 aromatic rings. The molecule has 0 radical (unpaired) electrons. The molecule has 0 spiro atoms. The highest BCUT2D eigenvalue weighted by Crippen LogP contribution is 2.24. The summed E-state index contributed by atoms with van der Waals surface area (Å²) < 4.78 is 4.17. The fraction of sp³-hybridized carbons (Fsp3) is 0.0625. The van der Waals surface area contributed by atoms with E-state index in [-0.39, 0.29) is 5.78 Å². The smallest absolute Gasteiger partial charge is 0.182 e. The first-order valence-electron chi connectivity index (χ1n) is 6.17. The van der Waals surface area contributed by atoms with E-state index in [9.17, 15) is 4.79 Å². The zero-order valence-corrected chi connectivity index (χ0v) is 14.3. The first-order chi connectivity index (χ1) is 9.65. The molecule has 0 amide bonds. The lowest BCUT2D eigenvalue weighted by atomic mass is 10.1. The minimum absolute atomic E-state index is 0.124. The average molecular weight is 440 g/mol. The van der Waals surface area contributed by atoms with Gasteiger partial charge >= 0.3 is 0 Å². The minimum Gasteiger partial charge on any atom is -0.340 e. The second kappa shape index (κ2) is 5.69. The summed E-state index contributed by atoms with van der Waals surface area (Å²) in [6.45, 7) is 0.362. The summed E-state index contributed by atoms with van der Waals surface area (Å²) in [5.74, 6) is 0.124. The first-order valence-corrected chi connectivity index (χ1v) is 8.04. The molecule has 3 rings (SSSR count). The van der Waals surface area contributed by atoms with Crippen LogP contribution in [-0.4, -0.2) is 10.4 Å². The summed E-state index contributed by atoms with van der Waals surface area (Å²) in [4.78, 5) is 12.3. The molecule has 0 atom stereocenters. The van der Waals surface area contributed by atoms with Gasteiger partial charge in [0, 0.05) is 30.7 Å². The largest absolute Gasteiger partial charge is 0.340 e. The maximum absolute atomic E-state index is 12.3. The van der Waals surface area contributed by atoms with Crippen LogP contribution >= 0.6 is 38.5 Å². The van der Waals surface area contributed by atoms with E-state index in [0.29, 0.717) is 6.54 Å². The number of fused-ring (bicyclic) bond motifs is 1. The van der Waals surface area contributed by atoms with Crippen LogP contribution in [0.15, 0.2) is 59.2 Å². The van der Waals surface area contributed by atoms with Crippen LogP contribution in [-0.2, 0) is 6.54 Å². The van der Waals surface area contributed by atoms with E-state index in [4.69, 9.17) is 0 Å². The molecule has 0 aliphatic rings. The highest BCUT2D eigenvalue weighted by molar-refractivity contribution is 14.1. The zero-order valence-electron chi connectivity index (χ0n) is 10.5. The summed E-state index contributed by atoms with van der Waals surface area (Å²) in [6.07, 6.45) is 1.96. The summed E-state index contributed by atoms with van der Waals surface area (Å²) in [5.41, 5.74) is 1.82. The Balaban J connectivity index is 1.91. The summed E-state index contributed by atoms with van der Waals surface area (Å²) in [7, 11) is 0. The predicted molar refractivity (Wildman–Crippen MR) is 93.1 cm³/mol. The normalized spacial score (nSPS) is 10.9. The molecule has 20 heavy (non-hydrogen) atoms. The van der Waals surface area contributed by atoms with Crippen molar-refractivity contribution in [2.75, 3.05) is 0 Å². The summed E-state index contributed by atoms with van der Waals surface area (Å²) >= 11 is 5.77. The number of hydrogen-bond acceptors (Lipinski definition) is 1. The topological polar surface area (TPSA) is 22.0 Å². The summed E-state index contributed by atoms with van der Waals surface area (Å²) in [6, 6.07) is 15.7. The molecule has 100 valence electrons. The van der Waals surface area contributed by atoms with E-state index >= 15 is 0 Å². The number of Topliss-reactive ketones (excluding diaryl/α,β-unsaturated/α-hetero) is 1. The number of rotatable bonds is 3. The van der Waals surface area contributed by atoms with Crippen LogP contribution in [0.4, 0.5) is 0 Å². The van der Waals surface area contributed by atoms with Gasteiger partial charge in [-0.25, -0.2) is 0 Å². The Kier molecular flexibility index (Phi) is 3.94. The number of hydrogen-bond donors (Lipinski definition) is 0. The maximum Gasteiger partial charge on any atom is 0.182 e. The maximum atomic E-state index is 12.3. The van der Waals surface area contributed by atoms with Crippen molar-refractivity contribution in [3.8, 4) is 0 Å². The van der Waals surface area contributed by atoms with Crippen molar-refractivity contribution in [1.29, 1.82) is 0 Å². The molecule has 0 fully saturated rings. The Morgan fingerprint density at radius 3 is 2.60 bits per heavy atom. The van der Waals surface area contributed by atoms with Gasteiger partial charge in [0.25, 0.3) is 0 Å². The van der Waals surface area contributed by atoms with Gasteiger partial charge in [0.1, 0.15) is 0 Å². The van der Waals surface area contributed by atoms with Gasteiger partial charge in [-0.15, -0.1) is 0 Å². The van der Waals surface area contributed by atoms with E-state index in [1.165, 1.54) is 0 Å².